The second-order valence-corrected chi connectivity index (χ2v) is 4.07. The van der Waals surface area contributed by atoms with Gasteiger partial charge in [-0.3, -0.25) is 14.9 Å². The van der Waals surface area contributed by atoms with Crippen molar-refractivity contribution >= 4 is 21.8 Å². The first-order valence-corrected chi connectivity index (χ1v) is 5.35. The van der Waals surface area contributed by atoms with Gasteiger partial charge in [0, 0.05) is 16.9 Å². The predicted molar refractivity (Wildman–Crippen MR) is 62.2 cm³/mol. The Morgan fingerprint density at radius 1 is 1.31 bits per heavy atom. The average Bonchev–Trinajstić information content (AvgIpc) is 2.74. The molecule has 2 rings (SSSR count). The molecule has 0 saturated carbocycles. The Morgan fingerprint density at radius 2 is 2.00 bits per heavy atom. The summed E-state index contributed by atoms with van der Waals surface area (Å²) < 4.78 is 15.5. The van der Waals surface area contributed by atoms with Gasteiger partial charge in [0.05, 0.1) is 5.56 Å². The summed E-state index contributed by atoms with van der Waals surface area (Å²) in [5.41, 5.74) is 2.53. The first kappa shape index (κ1) is 10.9. The third-order valence-corrected chi connectivity index (χ3v) is 2.50. The van der Waals surface area contributed by atoms with Crippen molar-refractivity contribution in [3.05, 3.63) is 58.6 Å². The molecule has 0 bridgehead atoms. The number of benzene rings is 1. The molecule has 2 aromatic rings. The molecule has 0 saturated heterocycles. The molecular weight excluding hydrogens is 275 g/mol. The highest BCUT2D eigenvalue weighted by molar-refractivity contribution is 9.10. The van der Waals surface area contributed by atoms with Gasteiger partial charge in [0.15, 0.2) is 0 Å². The molecule has 0 atom stereocenters. The number of aromatic nitrogens is 1. The molecule has 0 radical (unpaired) electrons. The molecule has 0 unspecified atom stereocenters. The van der Waals surface area contributed by atoms with Gasteiger partial charge < -0.3 is 0 Å². The standard InChI is InChI=1S/C11H8BrFN2O/c12-8-3-4-10(13)9(7-8)11(16)14-15-5-1-2-6-15/h1-7H,(H,14,16). The fourth-order valence-corrected chi connectivity index (χ4v) is 1.62. The second-order valence-electron chi connectivity index (χ2n) is 3.16. The summed E-state index contributed by atoms with van der Waals surface area (Å²) in [7, 11) is 0. The van der Waals surface area contributed by atoms with E-state index in [9.17, 15) is 9.18 Å². The van der Waals surface area contributed by atoms with Crippen LogP contribution in [-0.4, -0.2) is 10.6 Å². The van der Waals surface area contributed by atoms with Crippen LogP contribution in [0.1, 0.15) is 10.4 Å². The van der Waals surface area contributed by atoms with E-state index in [1.165, 1.54) is 16.8 Å². The maximum atomic E-state index is 13.4. The summed E-state index contributed by atoms with van der Waals surface area (Å²) in [6, 6.07) is 7.75. The molecule has 1 heterocycles. The molecule has 1 aromatic heterocycles. The van der Waals surface area contributed by atoms with Crippen LogP contribution in [0.25, 0.3) is 0 Å². The normalized spacial score (nSPS) is 10.1. The third kappa shape index (κ3) is 2.30. The van der Waals surface area contributed by atoms with Gasteiger partial charge >= 0.3 is 0 Å². The zero-order valence-corrected chi connectivity index (χ0v) is 9.74. The predicted octanol–water partition coefficient (Wildman–Crippen LogP) is 2.77. The van der Waals surface area contributed by atoms with Crippen LogP contribution in [0.15, 0.2) is 47.2 Å². The molecule has 0 fully saturated rings. The molecule has 82 valence electrons. The van der Waals surface area contributed by atoms with Crippen LogP contribution in [0.5, 0.6) is 0 Å². The van der Waals surface area contributed by atoms with Gasteiger partial charge in [-0.15, -0.1) is 0 Å². The molecule has 5 heteroatoms. The van der Waals surface area contributed by atoms with Gasteiger partial charge in [-0.2, -0.15) is 0 Å². The lowest BCUT2D eigenvalue weighted by Crippen LogP contribution is -2.22. The fourth-order valence-electron chi connectivity index (χ4n) is 1.26. The minimum absolute atomic E-state index is 0.00285. The highest BCUT2D eigenvalue weighted by atomic mass is 79.9. The minimum atomic E-state index is -0.548. The molecule has 0 spiro atoms. The number of hydrogen-bond acceptors (Lipinski definition) is 1. The van der Waals surface area contributed by atoms with E-state index >= 15 is 0 Å². The number of nitrogens with zero attached hydrogens (tertiary/aromatic N) is 1. The van der Waals surface area contributed by atoms with Gasteiger partial charge in [-0.25, -0.2) is 4.39 Å². The van der Waals surface area contributed by atoms with Crippen molar-refractivity contribution in [3.8, 4) is 0 Å². The van der Waals surface area contributed by atoms with E-state index < -0.39 is 11.7 Å². The molecule has 3 nitrogen and oxygen atoms in total. The Balaban J connectivity index is 2.24. The Hall–Kier alpha value is -1.62. The lowest BCUT2D eigenvalue weighted by atomic mass is 10.2. The lowest BCUT2D eigenvalue weighted by molar-refractivity contribution is 0.100. The van der Waals surface area contributed by atoms with E-state index in [0.717, 1.165) is 0 Å². The van der Waals surface area contributed by atoms with Crippen LogP contribution < -0.4 is 5.43 Å². The number of nitrogens with one attached hydrogen (secondary N) is 1. The molecule has 0 aliphatic carbocycles. The summed E-state index contributed by atoms with van der Waals surface area (Å²) >= 11 is 3.19. The van der Waals surface area contributed by atoms with Crippen molar-refractivity contribution in [2.24, 2.45) is 0 Å². The zero-order valence-electron chi connectivity index (χ0n) is 8.15. The van der Waals surface area contributed by atoms with Crippen LogP contribution >= 0.6 is 15.9 Å². The van der Waals surface area contributed by atoms with Crippen molar-refractivity contribution < 1.29 is 9.18 Å². The van der Waals surface area contributed by atoms with E-state index in [0.29, 0.717) is 4.47 Å². The highest BCUT2D eigenvalue weighted by Gasteiger charge is 2.11. The summed E-state index contributed by atoms with van der Waals surface area (Å²) in [5, 5.41) is 0. The van der Waals surface area contributed by atoms with Crippen molar-refractivity contribution in [2.45, 2.75) is 0 Å². The largest absolute Gasteiger partial charge is 0.273 e. The first-order valence-electron chi connectivity index (χ1n) is 4.56. The number of amides is 1. The van der Waals surface area contributed by atoms with Crippen LogP contribution in [0.4, 0.5) is 4.39 Å². The Labute approximate surface area is 100.0 Å². The van der Waals surface area contributed by atoms with Gasteiger partial charge in [0.1, 0.15) is 5.82 Å². The minimum Gasteiger partial charge on any atom is -0.268 e. The highest BCUT2D eigenvalue weighted by Crippen LogP contribution is 2.15. The first-order chi connectivity index (χ1) is 7.66. The van der Waals surface area contributed by atoms with Gasteiger partial charge in [0.25, 0.3) is 5.91 Å². The molecular formula is C11H8BrFN2O. The number of carbonyl (C=O) groups is 1. The van der Waals surface area contributed by atoms with Crippen LogP contribution in [0.3, 0.4) is 0 Å². The van der Waals surface area contributed by atoms with E-state index in [4.69, 9.17) is 0 Å². The number of carbonyl (C=O) groups excluding carboxylic acids is 1. The van der Waals surface area contributed by atoms with Crippen molar-refractivity contribution in [3.63, 3.8) is 0 Å². The van der Waals surface area contributed by atoms with Gasteiger partial charge in [-0.1, -0.05) is 15.9 Å². The SMILES string of the molecule is O=C(Nn1cccc1)c1cc(Br)ccc1F. The van der Waals surface area contributed by atoms with E-state index in [-0.39, 0.29) is 5.56 Å². The van der Waals surface area contributed by atoms with Crippen molar-refractivity contribution in [1.29, 1.82) is 0 Å². The number of halogens is 2. The van der Waals surface area contributed by atoms with E-state index in [1.807, 2.05) is 0 Å². The summed E-state index contributed by atoms with van der Waals surface area (Å²) in [5.74, 6) is -1.04. The monoisotopic (exact) mass is 282 g/mol. The summed E-state index contributed by atoms with van der Waals surface area (Å²) in [4.78, 5) is 11.7. The number of rotatable bonds is 2. The smallest absolute Gasteiger partial charge is 0.268 e. The van der Waals surface area contributed by atoms with Crippen LogP contribution in [0.2, 0.25) is 0 Å². The maximum absolute atomic E-state index is 13.4. The van der Waals surface area contributed by atoms with Gasteiger partial charge in [-0.05, 0) is 30.3 Å². The second kappa shape index (κ2) is 4.49. The molecule has 16 heavy (non-hydrogen) atoms. The maximum Gasteiger partial charge on any atom is 0.273 e. The third-order valence-electron chi connectivity index (χ3n) is 2.01. The topological polar surface area (TPSA) is 34.0 Å². The van der Waals surface area contributed by atoms with Crippen LogP contribution in [-0.2, 0) is 0 Å². The van der Waals surface area contributed by atoms with Crippen molar-refractivity contribution in [2.75, 3.05) is 5.43 Å². The van der Waals surface area contributed by atoms with Crippen molar-refractivity contribution in [1.82, 2.24) is 4.68 Å². The average molecular weight is 283 g/mol. The van der Waals surface area contributed by atoms with Gasteiger partial charge in [0.2, 0.25) is 0 Å². The Kier molecular flexibility index (Phi) is 3.05. The Morgan fingerprint density at radius 3 is 2.69 bits per heavy atom. The van der Waals surface area contributed by atoms with Crippen LogP contribution in [0, 0.1) is 5.82 Å². The summed E-state index contributed by atoms with van der Waals surface area (Å²) in [6.45, 7) is 0. The molecule has 1 aromatic carbocycles. The molecule has 0 aliphatic rings. The molecule has 0 aliphatic heterocycles. The van der Waals surface area contributed by atoms with E-state index in [2.05, 4.69) is 21.4 Å². The summed E-state index contributed by atoms with van der Waals surface area (Å²) in [6.07, 6.45) is 3.32. The number of hydrogen-bond donors (Lipinski definition) is 1. The Bertz CT molecular complexity index is 511. The van der Waals surface area contributed by atoms with E-state index in [1.54, 1.807) is 30.6 Å². The fraction of sp³-hybridized carbons (Fsp3) is 0. The zero-order chi connectivity index (χ0) is 11.5. The quantitative estimate of drug-likeness (QED) is 0.903. The lowest BCUT2D eigenvalue weighted by Gasteiger charge is -2.07. The molecule has 1 N–H and O–H groups in total. The molecule has 1 amide bonds.